The Hall–Kier alpha value is -1.35. The number of aliphatic carboxylic acids is 1. The average molecular weight is 247 g/mol. The summed E-state index contributed by atoms with van der Waals surface area (Å²) >= 11 is 0. The Bertz CT molecular complexity index is 404. The smallest absolute Gasteiger partial charge is 0.320 e. The molecular formula is C15H21NO2. The number of nitrogens with zero attached hydrogens (tertiary/aromatic N) is 1. The zero-order chi connectivity index (χ0) is 13.1. The van der Waals surface area contributed by atoms with Crippen molar-refractivity contribution in [3.8, 4) is 0 Å². The van der Waals surface area contributed by atoms with Gasteiger partial charge in [-0.2, -0.15) is 0 Å². The van der Waals surface area contributed by atoms with Crippen LogP contribution in [0.15, 0.2) is 30.3 Å². The molecule has 0 saturated carbocycles. The van der Waals surface area contributed by atoms with Crippen LogP contribution >= 0.6 is 0 Å². The lowest BCUT2D eigenvalue weighted by molar-refractivity contribution is -0.143. The van der Waals surface area contributed by atoms with E-state index in [2.05, 4.69) is 36.1 Å². The molecule has 0 aliphatic carbocycles. The number of likely N-dealkylation sites (tertiary alicyclic amines) is 1. The predicted octanol–water partition coefficient (Wildman–Crippen LogP) is 2.59. The Morgan fingerprint density at radius 2 is 2.06 bits per heavy atom. The molecule has 0 bridgehead atoms. The van der Waals surface area contributed by atoms with Gasteiger partial charge in [-0.05, 0) is 37.3 Å². The van der Waals surface area contributed by atoms with Crippen LogP contribution in [-0.2, 0) is 4.79 Å². The molecular weight excluding hydrogens is 226 g/mol. The van der Waals surface area contributed by atoms with Crippen molar-refractivity contribution in [1.82, 2.24) is 4.90 Å². The lowest BCUT2D eigenvalue weighted by atomic mass is 9.81. The first-order valence-corrected chi connectivity index (χ1v) is 6.61. The molecule has 1 N–H and O–H groups in total. The normalized spacial score (nSPS) is 26.8. The van der Waals surface area contributed by atoms with Crippen molar-refractivity contribution in [2.24, 2.45) is 5.92 Å². The third-order valence-electron chi connectivity index (χ3n) is 4.07. The van der Waals surface area contributed by atoms with Gasteiger partial charge in [0.1, 0.15) is 6.04 Å². The van der Waals surface area contributed by atoms with Crippen LogP contribution in [0.2, 0.25) is 0 Å². The number of benzene rings is 1. The minimum absolute atomic E-state index is 0.371. The first-order chi connectivity index (χ1) is 8.59. The standard InChI is InChI=1S/C15H21NO2/c1-11-10-16(12(2)15(17)18)9-8-14(11)13-6-4-3-5-7-13/h3-7,11-12,14H,8-10H2,1-2H3,(H,17,18)/t11-,12-,14-/m1/s1. The Balaban J connectivity index is 2.03. The van der Waals surface area contributed by atoms with Crippen LogP contribution in [0.5, 0.6) is 0 Å². The highest BCUT2D eigenvalue weighted by molar-refractivity contribution is 5.72. The summed E-state index contributed by atoms with van der Waals surface area (Å²) in [7, 11) is 0. The summed E-state index contributed by atoms with van der Waals surface area (Å²) in [5.74, 6) is 0.340. The van der Waals surface area contributed by atoms with Gasteiger partial charge in [0, 0.05) is 6.54 Å². The van der Waals surface area contributed by atoms with E-state index in [1.54, 1.807) is 6.92 Å². The maximum Gasteiger partial charge on any atom is 0.320 e. The van der Waals surface area contributed by atoms with Crippen molar-refractivity contribution in [2.75, 3.05) is 13.1 Å². The van der Waals surface area contributed by atoms with Gasteiger partial charge in [-0.3, -0.25) is 9.69 Å². The summed E-state index contributed by atoms with van der Waals surface area (Å²) in [5.41, 5.74) is 1.38. The van der Waals surface area contributed by atoms with Gasteiger partial charge in [0.25, 0.3) is 0 Å². The van der Waals surface area contributed by atoms with E-state index < -0.39 is 5.97 Å². The Labute approximate surface area is 108 Å². The molecule has 0 aromatic heterocycles. The second-order valence-corrected chi connectivity index (χ2v) is 5.29. The largest absolute Gasteiger partial charge is 0.480 e. The average Bonchev–Trinajstić information content (AvgIpc) is 2.38. The van der Waals surface area contributed by atoms with Crippen molar-refractivity contribution < 1.29 is 9.90 Å². The van der Waals surface area contributed by atoms with Crippen molar-refractivity contribution >= 4 is 5.97 Å². The van der Waals surface area contributed by atoms with Gasteiger partial charge in [0.2, 0.25) is 0 Å². The number of hydrogen-bond acceptors (Lipinski definition) is 2. The summed E-state index contributed by atoms with van der Waals surface area (Å²) in [5, 5.41) is 9.06. The minimum Gasteiger partial charge on any atom is -0.480 e. The van der Waals surface area contributed by atoms with E-state index in [1.165, 1.54) is 5.56 Å². The molecule has 0 radical (unpaired) electrons. The second kappa shape index (κ2) is 5.53. The molecule has 1 aliphatic heterocycles. The van der Waals surface area contributed by atoms with Gasteiger partial charge in [-0.15, -0.1) is 0 Å². The zero-order valence-corrected chi connectivity index (χ0v) is 11.0. The first kappa shape index (κ1) is 13.1. The van der Waals surface area contributed by atoms with Gasteiger partial charge in [0.15, 0.2) is 0 Å². The van der Waals surface area contributed by atoms with E-state index in [9.17, 15) is 4.79 Å². The molecule has 0 unspecified atom stereocenters. The van der Waals surface area contributed by atoms with Crippen LogP contribution in [0.25, 0.3) is 0 Å². The van der Waals surface area contributed by atoms with Crippen LogP contribution < -0.4 is 0 Å². The van der Waals surface area contributed by atoms with E-state index >= 15 is 0 Å². The molecule has 98 valence electrons. The van der Waals surface area contributed by atoms with Gasteiger partial charge in [-0.1, -0.05) is 37.3 Å². The number of carboxylic acids is 1. The summed E-state index contributed by atoms with van der Waals surface area (Å²) in [4.78, 5) is 13.1. The highest BCUT2D eigenvalue weighted by atomic mass is 16.4. The maximum absolute atomic E-state index is 11.0. The molecule has 1 aromatic carbocycles. The van der Waals surface area contributed by atoms with Crippen molar-refractivity contribution in [3.63, 3.8) is 0 Å². The van der Waals surface area contributed by atoms with Gasteiger partial charge in [0.05, 0.1) is 0 Å². The molecule has 1 heterocycles. The Kier molecular flexibility index (Phi) is 4.02. The van der Waals surface area contributed by atoms with E-state index in [0.717, 1.165) is 19.5 Å². The molecule has 2 rings (SSSR count). The van der Waals surface area contributed by atoms with E-state index in [-0.39, 0.29) is 6.04 Å². The molecule has 3 heteroatoms. The van der Waals surface area contributed by atoms with Crippen LogP contribution in [-0.4, -0.2) is 35.1 Å². The fourth-order valence-electron chi connectivity index (χ4n) is 2.88. The summed E-state index contributed by atoms with van der Waals surface area (Å²) in [6, 6.07) is 10.2. The fraction of sp³-hybridized carbons (Fsp3) is 0.533. The number of carboxylic acid groups (broad SMARTS) is 1. The van der Waals surface area contributed by atoms with Gasteiger partial charge < -0.3 is 5.11 Å². The molecule has 0 amide bonds. The van der Waals surface area contributed by atoms with Crippen LogP contribution in [0.4, 0.5) is 0 Å². The van der Waals surface area contributed by atoms with Crippen molar-refractivity contribution in [2.45, 2.75) is 32.2 Å². The van der Waals surface area contributed by atoms with E-state index in [1.807, 2.05) is 6.07 Å². The van der Waals surface area contributed by atoms with Gasteiger partial charge in [-0.25, -0.2) is 0 Å². The Morgan fingerprint density at radius 3 is 2.61 bits per heavy atom. The highest BCUT2D eigenvalue weighted by Crippen LogP contribution is 2.33. The topological polar surface area (TPSA) is 40.5 Å². The third kappa shape index (κ3) is 2.72. The number of carbonyl (C=O) groups is 1. The molecule has 1 aliphatic rings. The monoisotopic (exact) mass is 247 g/mol. The quantitative estimate of drug-likeness (QED) is 0.892. The molecule has 3 nitrogen and oxygen atoms in total. The summed E-state index contributed by atoms with van der Waals surface area (Å²) in [6.45, 7) is 5.74. The van der Waals surface area contributed by atoms with Crippen molar-refractivity contribution in [3.05, 3.63) is 35.9 Å². The van der Waals surface area contributed by atoms with Crippen LogP contribution in [0.1, 0.15) is 31.7 Å². The number of hydrogen-bond donors (Lipinski definition) is 1. The van der Waals surface area contributed by atoms with Crippen LogP contribution in [0, 0.1) is 5.92 Å². The van der Waals surface area contributed by atoms with Crippen LogP contribution in [0.3, 0.4) is 0 Å². The molecule has 1 saturated heterocycles. The number of rotatable bonds is 3. The third-order valence-corrected chi connectivity index (χ3v) is 4.07. The lowest BCUT2D eigenvalue weighted by Gasteiger charge is -2.39. The van der Waals surface area contributed by atoms with E-state index in [0.29, 0.717) is 11.8 Å². The fourth-order valence-corrected chi connectivity index (χ4v) is 2.88. The molecule has 0 spiro atoms. The number of piperidine rings is 1. The lowest BCUT2D eigenvalue weighted by Crippen LogP contribution is -2.46. The second-order valence-electron chi connectivity index (χ2n) is 5.29. The highest BCUT2D eigenvalue weighted by Gasteiger charge is 2.31. The summed E-state index contributed by atoms with van der Waals surface area (Å²) in [6.07, 6.45) is 1.04. The molecule has 1 aromatic rings. The predicted molar refractivity (Wildman–Crippen MR) is 71.6 cm³/mol. The van der Waals surface area contributed by atoms with Gasteiger partial charge >= 0.3 is 5.97 Å². The minimum atomic E-state index is -0.722. The van der Waals surface area contributed by atoms with E-state index in [4.69, 9.17) is 5.11 Å². The molecule has 18 heavy (non-hydrogen) atoms. The molecule has 1 fully saturated rings. The summed E-state index contributed by atoms with van der Waals surface area (Å²) < 4.78 is 0. The first-order valence-electron chi connectivity index (χ1n) is 6.61. The SMILES string of the molecule is C[C@@H]1CN([C@H](C)C(=O)O)CC[C@H]1c1ccccc1. The molecule has 3 atom stereocenters. The van der Waals surface area contributed by atoms with Crippen molar-refractivity contribution in [1.29, 1.82) is 0 Å². The zero-order valence-electron chi connectivity index (χ0n) is 11.0. The Morgan fingerprint density at radius 1 is 1.39 bits per heavy atom. The maximum atomic E-state index is 11.0.